The number of carbonyl (C=O) groups excluding carboxylic acids is 1. The Balaban J connectivity index is 1.66. The molecule has 2 N–H and O–H groups in total. The standard InChI is InChI=1S/C21H30N8O2/c1-3-5-27(15(2)30)7-8-28-6-4-17-18(16-13-23-20(22)24-14-16)25-21(26-19(17)28)29-9-11-31-12-10-29/h13-14H,3-12H2,1-2H3,(H2,22,23,24). The van der Waals surface area contributed by atoms with Gasteiger partial charge in [-0.05, 0) is 12.8 Å². The first-order valence-corrected chi connectivity index (χ1v) is 10.9. The third-order valence-electron chi connectivity index (χ3n) is 5.72. The van der Waals surface area contributed by atoms with Crippen LogP contribution in [-0.4, -0.2) is 83.2 Å². The van der Waals surface area contributed by atoms with Crippen molar-refractivity contribution in [2.75, 3.05) is 68.0 Å². The monoisotopic (exact) mass is 426 g/mol. The fourth-order valence-electron chi connectivity index (χ4n) is 4.06. The molecule has 1 saturated heterocycles. The number of amides is 1. The number of hydrogen-bond acceptors (Lipinski definition) is 9. The van der Waals surface area contributed by atoms with Crippen molar-refractivity contribution in [2.45, 2.75) is 26.7 Å². The van der Waals surface area contributed by atoms with Crippen LogP contribution in [0.25, 0.3) is 11.3 Å². The molecule has 10 heteroatoms. The molecule has 2 aromatic heterocycles. The molecule has 0 aromatic carbocycles. The van der Waals surface area contributed by atoms with E-state index in [4.69, 9.17) is 20.4 Å². The van der Waals surface area contributed by atoms with Crippen molar-refractivity contribution in [3.63, 3.8) is 0 Å². The molecule has 2 aliphatic rings. The van der Waals surface area contributed by atoms with Gasteiger partial charge in [-0.2, -0.15) is 4.98 Å². The van der Waals surface area contributed by atoms with E-state index in [1.54, 1.807) is 19.3 Å². The van der Waals surface area contributed by atoms with Crippen LogP contribution in [0.1, 0.15) is 25.8 Å². The number of nitrogens with two attached hydrogens (primary N) is 1. The lowest BCUT2D eigenvalue weighted by atomic mass is 10.1. The lowest BCUT2D eigenvalue weighted by molar-refractivity contribution is -0.128. The van der Waals surface area contributed by atoms with Crippen LogP contribution in [0.3, 0.4) is 0 Å². The van der Waals surface area contributed by atoms with Gasteiger partial charge in [0.15, 0.2) is 0 Å². The summed E-state index contributed by atoms with van der Waals surface area (Å²) < 4.78 is 5.49. The van der Waals surface area contributed by atoms with Gasteiger partial charge in [0.1, 0.15) is 5.82 Å². The highest BCUT2D eigenvalue weighted by molar-refractivity contribution is 5.74. The molecule has 0 atom stereocenters. The van der Waals surface area contributed by atoms with Crippen molar-refractivity contribution in [1.82, 2.24) is 24.8 Å². The number of morpholine rings is 1. The Morgan fingerprint density at radius 3 is 2.58 bits per heavy atom. The first-order chi connectivity index (χ1) is 15.1. The number of hydrogen-bond donors (Lipinski definition) is 1. The Labute approximate surface area is 182 Å². The minimum Gasteiger partial charge on any atom is -0.378 e. The SMILES string of the molecule is CCCN(CCN1CCc2c(-c3cnc(N)nc3)nc(N3CCOCC3)nc21)C(C)=O. The predicted octanol–water partition coefficient (Wildman–Crippen LogP) is 0.973. The number of fused-ring (bicyclic) bond motifs is 1. The molecule has 0 unspecified atom stereocenters. The molecule has 4 rings (SSSR count). The van der Waals surface area contributed by atoms with E-state index in [-0.39, 0.29) is 11.9 Å². The average molecular weight is 427 g/mol. The third kappa shape index (κ3) is 4.68. The maximum absolute atomic E-state index is 12.0. The molecule has 4 heterocycles. The molecular formula is C21H30N8O2. The normalized spacial score (nSPS) is 15.8. The lowest BCUT2D eigenvalue weighted by Gasteiger charge is -2.29. The van der Waals surface area contributed by atoms with Gasteiger partial charge in [0.2, 0.25) is 17.8 Å². The second-order valence-electron chi connectivity index (χ2n) is 7.85. The summed E-state index contributed by atoms with van der Waals surface area (Å²) >= 11 is 0. The van der Waals surface area contributed by atoms with Crippen molar-refractivity contribution in [1.29, 1.82) is 0 Å². The zero-order valence-electron chi connectivity index (χ0n) is 18.3. The Bertz CT molecular complexity index is 914. The smallest absolute Gasteiger partial charge is 0.228 e. The van der Waals surface area contributed by atoms with Gasteiger partial charge in [0.25, 0.3) is 0 Å². The van der Waals surface area contributed by atoms with E-state index in [9.17, 15) is 4.79 Å². The van der Waals surface area contributed by atoms with E-state index < -0.39 is 0 Å². The first-order valence-electron chi connectivity index (χ1n) is 10.9. The lowest BCUT2D eigenvalue weighted by Crippen LogP contribution is -2.39. The first kappa shape index (κ1) is 21.2. The number of nitrogen functional groups attached to an aromatic ring is 1. The number of aromatic nitrogens is 4. The summed E-state index contributed by atoms with van der Waals surface area (Å²) in [6.45, 7) is 9.59. The molecular weight excluding hydrogens is 396 g/mol. The van der Waals surface area contributed by atoms with Gasteiger partial charge < -0.3 is 25.2 Å². The van der Waals surface area contributed by atoms with E-state index >= 15 is 0 Å². The van der Waals surface area contributed by atoms with Gasteiger partial charge in [-0.3, -0.25) is 4.79 Å². The highest BCUT2D eigenvalue weighted by atomic mass is 16.5. The van der Waals surface area contributed by atoms with Crippen LogP contribution in [0.5, 0.6) is 0 Å². The second-order valence-corrected chi connectivity index (χ2v) is 7.85. The van der Waals surface area contributed by atoms with Gasteiger partial charge in [0.05, 0.1) is 18.9 Å². The number of ether oxygens (including phenoxy) is 1. The zero-order chi connectivity index (χ0) is 21.8. The number of carbonyl (C=O) groups is 1. The molecule has 0 radical (unpaired) electrons. The number of anilines is 3. The minimum absolute atomic E-state index is 0.109. The second kappa shape index (κ2) is 9.42. The van der Waals surface area contributed by atoms with E-state index in [1.807, 2.05) is 4.90 Å². The van der Waals surface area contributed by atoms with Crippen LogP contribution in [-0.2, 0) is 16.0 Å². The van der Waals surface area contributed by atoms with Gasteiger partial charge in [0, 0.05) is 69.7 Å². The molecule has 0 spiro atoms. The molecule has 0 aliphatic carbocycles. The van der Waals surface area contributed by atoms with Crippen molar-refractivity contribution >= 4 is 23.6 Å². The summed E-state index contributed by atoms with van der Waals surface area (Å²) in [4.78, 5) is 36.4. The maximum atomic E-state index is 12.0. The van der Waals surface area contributed by atoms with Crippen molar-refractivity contribution in [3.05, 3.63) is 18.0 Å². The zero-order valence-corrected chi connectivity index (χ0v) is 18.3. The van der Waals surface area contributed by atoms with Crippen LogP contribution in [0.2, 0.25) is 0 Å². The van der Waals surface area contributed by atoms with E-state index in [0.29, 0.717) is 25.7 Å². The summed E-state index contributed by atoms with van der Waals surface area (Å²) in [6, 6.07) is 0. The number of rotatable bonds is 7. The third-order valence-corrected chi connectivity index (χ3v) is 5.72. The van der Waals surface area contributed by atoms with Gasteiger partial charge >= 0.3 is 0 Å². The highest BCUT2D eigenvalue weighted by Gasteiger charge is 2.28. The van der Waals surface area contributed by atoms with Gasteiger partial charge in [-0.15, -0.1) is 0 Å². The maximum Gasteiger partial charge on any atom is 0.228 e. The molecule has 31 heavy (non-hydrogen) atoms. The molecule has 0 bridgehead atoms. The fraction of sp³-hybridized carbons (Fsp3) is 0.571. The molecule has 1 fully saturated rings. The highest BCUT2D eigenvalue weighted by Crippen LogP contribution is 2.35. The van der Waals surface area contributed by atoms with Crippen LogP contribution in [0, 0.1) is 0 Å². The van der Waals surface area contributed by atoms with Crippen LogP contribution in [0.15, 0.2) is 12.4 Å². The fourth-order valence-corrected chi connectivity index (χ4v) is 4.06. The van der Waals surface area contributed by atoms with Crippen LogP contribution in [0.4, 0.5) is 17.7 Å². The molecule has 2 aliphatic heterocycles. The Morgan fingerprint density at radius 2 is 1.90 bits per heavy atom. The van der Waals surface area contributed by atoms with Gasteiger partial charge in [-0.1, -0.05) is 6.92 Å². The van der Waals surface area contributed by atoms with E-state index in [0.717, 1.165) is 68.2 Å². The van der Waals surface area contributed by atoms with Crippen LogP contribution >= 0.6 is 0 Å². The molecule has 10 nitrogen and oxygen atoms in total. The Kier molecular flexibility index (Phi) is 6.45. The quantitative estimate of drug-likeness (QED) is 0.692. The predicted molar refractivity (Wildman–Crippen MR) is 119 cm³/mol. The van der Waals surface area contributed by atoms with Gasteiger partial charge in [-0.25, -0.2) is 15.0 Å². The molecule has 2 aromatic rings. The average Bonchev–Trinajstić information content (AvgIpc) is 3.20. The van der Waals surface area contributed by atoms with E-state index in [1.165, 1.54) is 0 Å². The summed E-state index contributed by atoms with van der Waals surface area (Å²) in [5.74, 6) is 1.98. The minimum atomic E-state index is 0.109. The van der Waals surface area contributed by atoms with Crippen molar-refractivity contribution in [3.8, 4) is 11.3 Å². The van der Waals surface area contributed by atoms with Crippen LogP contribution < -0.4 is 15.5 Å². The summed E-state index contributed by atoms with van der Waals surface area (Å²) in [7, 11) is 0. The Morgan fingerprint density at radius 1 is 1.16 bits per heavy atom. The van der Waals surface area contributed by atoms with Crippen molar-refractivity contribution in [2.24, 2.45) is 0 Å². The number of nitrogens with zero attached hydrogens (tertiary/aromatic N) is 7. The van der Waals surface area contributed by atoms with E-state index in [2.05, 4.69) is 26.7 Å². The summed E-state index contributed by atoms with van der Waals surface area (Å²) in [5.41, 5.74) is 8.47. The summed E-state index contributed by atoms with van der Waals surface area (Å²) in [6.07, 6.45) is 5.22. The molecule has 0 saturated carbocycles. The molecule has 1 amide bonds. The largest absolute Gasteiger partial charge is 0.378 e. The Hall–Kier alpha value is -3.01. The van der Waals surface area contributed by atoms with Crippen molar-refractivity contribution < 1.29 is 9.53 Å². The summed E-state index contributed by atoms with van der Waals surface area (Å²) in [5, 5.41) is 0. The molecule has 166 valence electrons. The topological polar surface area (TPSA) is 114 Å².